The van der Waals surface area contributed by atoms with Gasteiger partial charge in [-0.05, 0) is 37.1 Å². The standard InChI is InChI=1S/C18H21FN2O3/c1-20-10-4-6-15(17(20)22)21-11-8-18(23,9-12-21)13-24-16-7-3-2-5-14(16)19/h2-7,10,23H,8-9,11-13H2,1H3. The molecule has 2 heterocycles. The third-order valence-corrected chi connectivity index (χ3v) is 4.47. The number of piperidine rings is 1. The Bertz CT molecular complexity index is 767. The number of hydrogen-bond acceptors (Lipinski definition) is 4. The summed E-state index contributed by atoms with van der Waals surface area (Å²) in [6.45, 7) is 1.14. The van der Waals surface area contributed by atoms with Gasteiger partial charge in [-0.2, -0.15) is 0 Å². The third kappa shape index (κ3) is 3.43. The predicted molar refractivity (Wildman–Crippen MR) is 90.0 cm³/mol. The van der Waals surface area contributed by atoms with E-state index in [1.807, 2.05) is 11.0 Å². The fraction of sp³-hybridized carbons (Fsp3) is 0.389. The predicted octanol–water partition coefficient (Wildman–Crippen LogP) is 1.93. The molecule has 0 spiro atoms. The van der Waals surface area contributed by atoms with Crippen LogP contribution in [0.3, 0.4) is 0 Å². The Morgan fingerprint density at radius 1 is 1.21 bits per heavy atom. The normalized spacial score (nSPS) is 16.9. The van der Waals surface area contributed by atoms with E-state index in [4.69, 9.17) is 4.74 Å². The number of ether oxygens (including phenoxy) is 1. The number of rotatable bonds is 4. The number of aryl methyl sites for hydroxylation is 1. The lowest BCUT2D eigenvalue weighted by Gasteiger charge is -2.38. The first-order valence-corrected chi connectivity index (χ1v) is 7.99. The van der Waals surface area contributed by atoms with Crippen LogP contribution in [-0.4, -0.2) is 35.0 Å². The maximum absolute atomic E-state index is 13.6. The number of pyridine rings is 1. The van der Waals surface area contributed by atoms with E-state index in [2.05, 4.69) is 0 Å². The molecule has 5 nitrogen and oxygen atoms in total. The Balaban J connectivity index is 1.62. The molecule has 0 unspecified atom stereocenters. The lowest BCUT2D eigenvalue weighted by atomic mass is 9.92. The summed E-state index contributed by atoms with van der Waals surface area (Å²) in [7, 11) is 1.72. The molecule has 0 atom stereocenters. The number of aromatic nitrogens is 1. The quantitative estimate of drug-likeness (QED) is 0.930. The molecule has 0 radical (unpaired) electrons. The van der Waals surface area contributed by atoms with Crippen molar-refractivity contribution in [3.8, 4) is 5.75 Å². The van der Waals surface area contributed by atoms with Gasteiger partial charge >= 0.3 is 0 Å². The Morgan fingerprint density at radius 2 is 1.92 bits per heavy atom. The second-order valence-corrected chi connectivity index (χ2v) is 6.24. The van der Waals surface area contributed by atoms with Gasteiger partial charge in [-0.1, -0.05) is 12.1 Å². The maximum atomic E-state index is 13.6. The molecule has 1 N–H and O–H groups in total. The van der Waals surface area contributed by atoms with Crippen molar-refractivity contribution in [3.05, 3.63) is 58.8 Å². The molecule has 3 rings (SSSR count). The molecule has 1 aliphatic heterocycles. The Hall–Kier alpha value is -2.34. The smallest absolute Gasteiger partial charge is 0.273 e. The highest BCUT2D eigenvalue weighted by Gasteiger charge is 2.34. The molecule has 1 saturated heterocycles. The first kappa shape index (κ1) is 16.5. The molecule has 24 heavy (non-hydrogen) atoms. The van der Waals surface area contributed by atoms with Gasteiger partial charge in [0.1, 0.15) is 17.9 Å². The molecule has 1 fully saturated rings. The van der Waals surface area contributed by atoms with Gasteiger partial charge in [0.15, 0.2) is 11.6 Å². The van der Waals surface area contributed by atoms with E-state index in [0.717, 1.165) is 0 Å². The minimum absolute atomic E-state index is 0.0363. The van der Waals surface area contributed by atoms with Crippen LogP contribution in [0.25, 0.3) is 0 Å². The van der Waals surface area contributed by atoms with Gasteiger partial charge < -0.3 is 19.3 Å². The number of hydrogen-bond donors (Lipinski definition) is 1. The van der Waals surface area contributed by atoms with Gasteiger partial charge in [0.2, 0.25) is 0 Å². The van der Waals surface area contributed by atoms with Crippen LogP contribution in [0.2, 0.25) is 0 Å². The third-order valence-electron chi connectivity index (χ3n) is 4.47. The largest absolute Gasteiger partial charge is 0.488 e. The fourth-order valence-corrected chi connectivity index (χ4v) is 2.91. The van der Waals surface area contributed by atoms with Crippen molar-refractivity contribution in [2.75, 3.05) is 24.6 Å². The minimum Gasteiger partial charge on any atom is -0.488 e. The Morgan fingerprint density at radius 3 is 2.62 bits per heavy atom. The highest BCUT2D eigenvalue weighted by Crippen LogP contribution is 2.26. The zero-order valence-corrected chi connectivity index (χ0v) is 13.6. The summed E-state index contributed by atoms with van der Waals surface area (Å²) in [6.07, 6.45) is 2.63. The summed E-state index contributed by atoms with van der Waals surface area (Å²) in [5.41, 5.74) is -0.429. The summed E-state index contributed by atoms with van der Waals surface area (Å²) >= 11 is 0. The molecule has 128 valence electrons. The van der Waals surface area contributed by atoms with Gasteiger partial charge in [-0.25, -0.2) is 4.39 Å². The molecule has 1 aromatic heterocycles. The Labute approximate surface area is 139 Å². The van der Waals surface area contributed by atoms with E-state index in [-0.39, 0.29) is 17.9 Å². The zero-order chi connectivity index (χ0) is 17.2. The maximum Gasteiger partial charge on any atom is 0.273 e. The molecule has 0 saturated carbocycles. The van der Waals surface area contributed by atoms with E-state index in [9.17, 15) is 14.3 Å². The van der Waals surface area contributed by atoms with Crippen molar-refractivity contribution >= 4 is 5.69 Å². The van der Waals surface area contributed by atoms with Crippen LogP contribution in [0.4, 0.5) is 10.1 Å². The molecule has 0 bridgehead atoms. The SMILES string of the molecule is Cn1cccc(N2CCC(O)(COc3ccccc3F)CC2)c1=O. The average Bonchev–Trinajstić information content (AvgIpc) is 2.58. The van der Waals surface area contributed by atoms with Crippen molar-refractivity contribution in [2.24, 2.45) is 7.05 Å². The highest BCUT2D eigenvalue weighted by atomic mass is 19.1. The highest BCUT2D eigenvalue weighted by molar-refractivity contribution is 5.44. The second kappa shape index (κ2) is 6.65. The molecular formula is C18H21FN2O3. The molecule has 0 amide bonds. The van der Waals surface area contributed by atoms with Crippen molar-refractivity contribution in [1.82, 2.24) is 4.57 Å². The summed E-state index contributed by atoms with van der Waals surface area (Å²) in [5.74, 6) is -0.295. The monoisotopic (exact) mass is 332 g/mol. The number of aliphatic hydroxyl groups is 1. The lowest BCUT2D eigenvalue weighted by Crippen LogP contribution is -2.49. The van der Waals surface area contributed by atoms with Gasteiger partial charge in [0.25, 0.3) is 5.56 Å². The van der Waals surface area contributed by atoms with Gasteiger partial charge in [0, 0.05) is 26.3 Å². The van der Waals surface area contributed by atoms with Crippen LogP contribution < -0.4 is 15.2 Å². The summed E-state index contributed by atoms with van der Waals surface area (Å²) < 4.78 is 20.6. The average molecular weight is 332 g/mol. The fourth-order valence-electron chi connectivity index (χ4n) is 2.91. The van der Waals surface area contributed by atoms with Crippen LogP contribution in [0.1, 0.15) is 12.8 Å². The Kier molecular flexibility index (Phi) is 4.57. The topological polar surface area (TPSA) is 54.7 Å². The van der Waals surface area contributed by atoms with E-state index < -0.39 is 11.4 Å². The second-order valence-electron chi connectivity index (χ2n) is 6.24. The van der Waals surface area contributed by atoms with Gasteiger partial charge in [-0.15, -0.1) is 0 Å². The summed E-state index contributed by atoms with van der Waals surface area (Å²) in [6, 6.07) is 9.78. The molecular weight excluding hydrogens is 311 g/mol. The number of nitrogens with zero attached hydrogens (tertiary/aromatic N) is 2. The van der Waals surface area contributed by atoms with Crippen molar-refractivity contribution in [1.29, 1.82) is 0 Å². The van der Waals surface area contributed by atoms with E-state index in [0.29, 0.717) is 31.6 Å². The van der Waals surface area contributed by atoms with Gasteiger partial charge in [0.05, 0.1) is 0 Å². The summed E-state index contributed by atoms with van der Waals surface area (Å²) in [4.78, 5) is 14.1. The lowest BCUT2D eigenvalue weighted by molar-refractivity contribution is -0.0250. The van der Waals surface area contributed by atoms with E-state index in [1.54, 1.807) is 37.5 Å². The van der Waals surface area contributed by atoms with Crippen molar-refractivity contribution in [2.45, 2.75) is 18.4 Å². The first-order valence-electron chi connectivity index (χ1n) is 7.99. The number of para-hydroxylation sites is 1. The number of anilines is 1. The molecule has 6 heteroatoms. The molecule has 2 aromatic rings. The van der Waals surface area contributed by atoms with Crippen LogP contribution in [0.5, 0.6) is 5.75 Å². The molecule has 1 aliphatic rings. The van der Waals surface area contributed by atoms with Crippen molar-refractivity contribution in [3.63, 3.8) is 0 Å². The first-order chi connectivity index (χ1) is 11.5. The summed E-state index contributed by atoms with van der Waals surface area (Å²) in [5, 5.41) is 10.7. The zero-order valence-electron chi connectivity index (χ0n) is 13.6. The molecule has 1 aromatic carbocycles. The minimum atomic E-state index is -1.02. The van der Waals surface area contributed by atoms with Crippen molar-refractivity contribution < 1.29 is 14.2 Å². The van der Waals surface area contributed by atoms with Crippen LogP contribution in [0.15, 0.2) is 47.4 Å². The van der Waals surface area contributed by atoms with Crippen LogP contribution >= 0.6 is 0 Å². The number of benzene rings is 1. The van der Waals surface area contributed by atoms with E-state index in [1.165, 1.54) is 10.6 Å². The molecule has 0 aliphatic carbocycles. The van der Waals surface area contributed by atoms with Crippen LogP contribution in [0, 0.1) is 5.82 Å². The van der Waals surface area contributed by atoms with Crippen LogP contribution in [-0.2, 0) is 7.05 Å². The number of halogens is 1. The van der Waals surface area contributed by atoms with Gasteiger partial charge in [-0.3, -0.25) is 4.79 Å². The van der Waals surface area contributed by atoms with E-state index >= 15 is 0 Å².